The van der Waals surface area contributed by atoms with E-state index < -0.39 is 17.9 Å². The van der Waals surface area contributed by atoms with Gasteiger partial charge in [0.15, 0.2) is 0 Å². The van der Waals surface area contributed by atoms with Crippen LogP contribution in [0.2, 0.25) is 0 Å². The molecule has 1 aromatic rings. The van der Waals surface area contributed by atoms with Crippen molar-refractivity contribution < 1.29 is 14.7 Å². The molecule has 0 saturated carbocycles. The second-order valence-corrected chi connectivity index (χ2v) is 3.16. The second kappa shape index (κ2) is 5.12. The van der Waals surface area contributed by atoms with Gasteiger partial charge in [-0.1, -0.05) is 0 Å². The smallest absolute Gasteiger partial charge is 0.248 e. The van der Waals surface area contributed by atoms with Crippen LogP contribution in [0.1, 0.15) is 0 Å². The lowest BCUT2D eigenvalue weighted by Crippen LogP contribution is -2.41. The monoisotopic (exact) mass is 227 g/mol. The van der Waals surface area contributed by atoms with Crippen molar-refractivity contribution in [1.29, 1.82) is 0 Å². The molecule has 0 spiro atoms. The number of aromatic nitrogens is 2. The molecule has 0 fully saturated rings. The van der Waals surface area contributed by atoms with Crippen molar-refractivity contribution in [2.45, 2.75) is 12.6 Å². The van der Waals surface area contributed by atoms with Crippen LogP contribution in [0, 0.1) is 0 Å². The molecule has 8 heteroatoms. The van der Waals surface area contributed by atoms with Crippen LogP contribution < -0.4 is 16.8 Å². The number of carbonyl (C=O) groups is 2. The van der Waals surface area contributed by atoms with Crippen molar-refractivity contribution in [2.24, 2.45) is 5.73 Å². The predicted molar refractivity (Wildman–Crippen MR) is 54.9 cm³/mol. The topological polar surface area (TPSA) is 136 Å². The summed E-state index contributed by atoms with van der Waals surface area (Å²) in [7, 11) is 0. The van der Waals surface area contributed by atoms with Gasteiger partial charge in [-0.25, -0.2) is 0 Å². The van der Waals surface area contributed by atoms with Crippen LogP contribution in [0.25, 0.3) is 0 Å². The molecule has 1 atom stereocenters. The summed E-state index contributed by atoms with van der Waals surface area (Å²) in [5.41, 5.74) is 10.2. The molecule has 0 aliphatic rings. The van der Waals surface area contributed by atoms with Gasteiger partial charge in [-0.15, -0.1) is 0 Å². The summed E-state index contributed by atoms with van der Waals surface area (Å²) < 4.78 is 1.33. The minimum Gasteiger partial charge on any atom is -0.382 e. The van der Waals surface area contributed by atoms with E-state index in [-0.39, 0.29) is 13.1 Å². The summed E-state index contributed by atoms with van der Waals surface area (Å²) >= 11 is 0. The van der Waals surface area contributed by atoms with Gasteiger partial charge in [0.25, 0.3) is 0 Å². The van der Waals surface area contributed by atoms with E-state index in [1.807, 2.05) is 0 Å². The maximum atomic E-state index is 11.3. The zero-order chi connectivity index (χ0) is 12.1. The number of primary amides is 1. The molecule has 6 N–H and O–H groups in total. The van der Waals surface area contributed by atoms with Crippen molar-refractivity contribution in [3.8, 4) is 0 Å². The Morgan fingerprint density at radius 3 is 2.81 bits per heavy atom. The van der Waals surface area contributed by atoms with Crippen LogP contribution in [0.4, 0.5) is 5.82 Å². The molecule has 1 unspecified atom stereocenters. The highest BCUT2D eigenvalue weighted by Crippen LogP contribution is 1.94. The molecule has 2 amide bonds. The van der Waals surface area contributed by atoms with Crippen LogP contribution in [0.3, 0.4) is 0 Å². The first-order valence-corrected chi connectivity index (χ1v) is 4.52. The van der Waals surface area contributed by atoms with Crippen LogP contribution >= 0.6 is 0 Å². The van der Waals surface area contributed by atoms with Gasteiger partial charge in [-0.2, -0.15) is 5.10 Å². The van der Waals surface area contributed by atoms with Crippen LogP contribution in [-0.2, 0) is 16.1 Å². The molecular weight excluding hydrogens is 214 g/mol. The lowest BCUT2D eigenvalue weighted by Gasteiger charge is -2.08. The first kappa shape index (κ1) is 12.0. The number of hydrogen-bond acceptors (Lipinski definition) is 5. The molecule has 0 radical (unpaired) electrons. The van der Waals surface area contributed by atoms with E-state index in [9.17, 15) is 9.59 Å². The minimum atomic E-state index is -1.38. The number of anilines is 1. The van der Waals surface area contributed by atoms with Gasteiger partial charge in [0.05, 0.1) is 6.54 Å². The van der Waals surface area contributed by atoms with Gasteiger partial charge in [-0.3, -0.25) is 14.3 Å². The van der Waals surface area contributed by atoms with Gasteiger partial charge in [0.1, 0.15) is 18.5 Å². The van der Waals surface area contributed by atoms with Crippen molar-refractivity contribution in [1.82, 2.24) is 15.1 Å². The SMILES string of the molecule is NC(=O)C(O)CNC(=O)Cn1ccc(N)n1. The van der Waals surface area contributed by atoms with Crippen molar-refractivity contribution in [3.63, 3.8) is 0 Å². The summed E-state index contributed by atoms with van der Waals surface area (Å²) in [5.74, 6) is -0.975. The number of hydrogen-bond donors (Lipinski definition) is 4. The van der Waals surface area contributed by atoms with Gasteiger partial charge in [0.2, 0.25) is 11.8 Å². The number of nitrogens with two attached hydrogens (primary N) is 2. The fourth-order valence-corrected chi connectivity index (χ4v) is 0.980. The minimum absolute atomic E-state index is 0.0390. The maximum absolute atomic E-state index is 11.3. The Bertz CT molecular complexity index is 389. The molecule has 1 aromatic heterocycles. The average Bonchev–Trinajstić information content (AvgIpc) is 2.60. The third-order valence-electron chi connectivity index (χ3n) is 1.79. The number of aliphatic hydroxyl groups is 1. The molecule has 0 saturated heterocycles. The molecule has 0 bridgehead atoms. The molecule has 0 aromatic carbocycles. The van der Waals surface area contributed by atoms with Gasteiger partial charge < -0.3 is 21.9 Å². The third-order valence-corrected chi connectivity index (χ3v) is 1.79. The Balaban J connectivity index is 2.34. The zero-order valence-electron chi connectivity index (χ0n) is 8.46. The summed E-state index contributed by atoms with van der Waals surface area (Å²) in [6.07, 6.45) is 0.158. The molecule has 0 aliphatic heterocycles. The number of nitrogens with zero attached hydrogens (tertiary/aromatic N) is 2. The highest BCUT2D eigenvalue weighted by molar-refractivity contribution is 5.80. The summed E-state index contributed by atoms with van der Waals surface area (Å²) in [5, 5.41) is 15.1. The van der Waals surface area contributed by atoms with E-state index in [2.05, 4.69) is 10.4 Å². The quantitative estimate of drug-likeness (QED) is 0.438. The van der Waals surface area contributed by atoms with Crippen molar-refractivity contribution >= 4 is 17.6 Å². The predicted octanol–water partition coefficient (Wildman–Crippen LogP) is -2.57. The fourth-order valence-electron chi connectivity index (χ4n) is 0.980. The number of aliphatic hydroxyl groups excluding tert-OH is 1. The van der Waals surface area contributed by atoms with E-state index in [4.69, 9.17) is 16.6 Å². The number of nitrogens with one attached hydrogen (secondary N) is 1. The molecule has 0 aliphatic carbocycles. The Morgan fingerprint density at radius 1 is 1.62 bits per heavy atom. The summed E-state index contributed by atoms with van der Waals surface area (Å²) in [6.45, 7) is -0.256. The largest absolute Gasteiger partial charge is 0.382 e. The van der Waals surface area contributed by atoms with E-state index >= 15 is 0 Å². The Hall–Kier alpha value is -2.09. The lowest BCUT2D eigenvalue weighted by atomic mass is 10.3. The number of amides is 2. The van der Waals surface area contributed by atoms with Crippen molar-refractivity contribution in [3.05, 3.63) is 12.3 Å². The van der Waals surface area contributed by atoms with Gasteiger partial charge in [0, 0.05) is 6.20 Å². The summed E-state index contributed by atoms with van der Waals surface area (Å²) in [6, 6.07) is 1.55. The molecule has 1 rings (SSSR count). The van der Waals surface area contributed by atoms with Crippen LogP contribution in [0.5, 0.6) is 0 Å². The number of carbonyl (C=O) groups excluding carboxylic acids is 2. The molecule has 1 heterocycles. The van der Waals surface area contributed by atoms with Crippen LogP contribution in [-0.4, -0.2) is 39.4 Å². The normalized spacial score (nSPS) is 12.1. The standard InChI is InChI=1S/C8H13N5O3/c9-6-1-2-13(12-6)4-7(15)11-3-5(14)8(10)16/h1-2,5,14H,3-4H2,(H2,9,12)(H2,10,16)(H,11,15). The zero-order valence-corrected chi connectivity index (χ0v) is 8.46. The molecule has 16 heavy (non-hydrogen) atoms. The number of nitrogen functional groups attached to an aromatic ring is 1. The Kier molecular flexibility index (Phi) is 3.84. The second-order valence-electron chi connectivity index (χ2n) is 3.16. The maximum Gasteiger partial charge on any atom is 0.248 e. The van der Waals surface area contributed by atoms with E-state index in [0.29, 0.717) is 5.82 Å². The van der Waals surface area contributed by atoms with Crippen LogP contribution in [0.15, 0.2) is 12.3 Å². The average molecular weight is 227 g/mol. The first-order valence-electron chi connectivity index (χ1n) is 4.52. The van der Waals surface area contributed by atoms with E-state index in [0.717, 1.165) is 0 Å². The van der Waals surface area contributed by atoms with Gasteiger partial charge in [-0.05, 0) is 6.07 Å². The Morgan fingerprint density at radius 2 is 2.31 bits per heavy atom. The molecule has 88 valence electrons. The molecular formula is C8H13N5O3. The summed E-state index contributed by atoms with van der Waals surface area (Å²) in [4.78, 5) is 21.7. The fraction of sp³-hybridized carbons (Fsp3) is 0.375. The van der Waals surface area contributed by atoms with E-state index in [1.54, 1.807) is 12.3 Å². The first-order chi connectivity index (χ1) is 7.49. The molecule has 8 nitrogen and oxygen atoms in total. The van der Waals surface area contributed by atoms with Crippen molar-refractivity contribution in [2.75, 3.05) is 12.3 Å². The Labute approximate surface area is 91.2 Å². The third kappa shape index (κ3) is 3.58. The highest BCUT2D eigenvalue weighted by Gasteiger charge is 2.12. The van der Waals surface area contributed by atoms with Gasteiger partial charge >= 0.3 is 0 Å². The lowest BCUT2D eigenvalue weighted by molar-refractivity contribution is -0.127. The van der Waals surface area contributed by atoms with E-state index in [1.165, 1.54) is 4.68 Å². The number of rotatable bonds is 5. The highest BCUT2D eigenvalue weighted by atomic mass is 16.3.